The first-order chi connectivity index (χ1) is 13.0. The number of anilines is 2. The number of hydrogen-bond donors (Lipinski definition) is 1. The number of carbonyl (C=O) groups is 2. The van der Waals surface area contributed by atoms with Crippen LogP contribution in [0.3, 0.4) is 0 Å². The first-order valence-electron chi connectivity index (χ1n) is 8.98. The minimum atomic E-state index is -0.206. The van der Waals surface area contributed by atoms with Crippen molar-refractivity contribution in [3.63, 3.8) is 0 Å². The zero-order valence-electron chi connectivity index (χ0n) is 15.8. The molecule has 0 saturated carbocycles. The molecule has 1 aliphatic rings. The summed E-state index contributed by atoms with van der Waals surface area (Å²) in [4.78, 5) is 26.7. The van der Waals surface area contributed by atoms with Gasteiger partial charge in [-0.05, 0) is 43.7 Å². The highest BCUT2D eigenvalue weighted by Crippen LogP contribution is 2.34. The summed E-state index contributed by atoms with van der Waals surface area (Å²) in [5, 5.41) is 2.80. The topological polar surface area (TPSA) is 67.9 Å². The third kappa shape index (κ3) is 4.58. The van der Waals surface area contributed by atoms with Crippen LogP contribution < -0.4 is 19.7 Å². The molecule has 2 aromatic carbocycles. The molecule has 1 aliphatic heterocycles. The monoisotopic (exact) mass is 368 g/mol. The van der Waals surface area contributed by atoms with Crippen LogP contribution in [-0.2, 0) is 9.59 Å². The second-order valence-corrected chi connectivity index (χ2v) is 6.68. The van der Waals surface area contributed by atoms with Crippen molar-refractivity contribution >= 4 is 23.2 Å². The van der Waals surface area contributed by atoms with E-state index >= 15 is 0 Å². The van der Waals surface area contributed by atoms with E-state index < -0.39 is 0 Å². The summed E-state index contributed by atoms with van der Waals surface area (Å²) in [6, 6.07) is 12.9. The number of amides is 2. The van der Waals surface area contributed by atoms with Crippen molar-refractivity contribution in [1.82, 2.24) is 0 Å². The molecule has 3 rings (SSSR count). The summed E-state index contributed by atoms with van der Waals surface area (Å²) >= 11 is 0. The second kappa shape index (κ2) is 8.12. The summed E-state index contributed by atoms with van der Waals surface area (Å²) in [5.74, 6) is 1.08. The van der Waals surface area contributed by atoms with Gasteiger partial charge in [0.15, 0.2) is 0 Å². The fourth-order valence-corrected chi connectivity index (χ4v) is 3.06. The number of hydrogen-bond acceptors (Lipinski definition) is 4. The van der Waals surface area contributed by atoms with Crippen molar-refractivity contribution in [3.05, 3.63) is 48.0 Å². The predicted octanol–water partition coefficient (Wildman–Crippen LogP) is 3.54. The number of benzene rings is 2. The molecule has 6 heteroatoms. The standard InChI is InChI=1S/C21H24N2O4/c1-14-7-8-19-18(11-14)23(13-15(2)27-19)21(25)10-9-20(24)22-16-5-4-6-17(12-16)26-3/h4-8,11-12,15H,9-10,13H2,1-3H3,(H,22,24). The number of ether oxygens (including phenoxy) is 2. The van der Waals surface area contributed by atoms with Crippen molar-refractivity contribution in [2.45, 2.75) is 32.8 Å². The van der Waals surface area contributed by atoms with Gasteiger partial charge < -0.3 is 19.7 Å². The third-order valence-electron chi connectivity index (χ3n) is 4.39. The summed E-state index contributed by atoms with van der Waals surface area (Å²) in [7, 11) is 1.57. The first kappa shape index (κ1) is 18.8. The molecule has 27 heavy (non-hydrogen) atoms. The van der Waals surface area contributed by atoms with E-state index in [1.54, 1.807) is 36.3 Å². The van der Waals surface area contributed by atoms with Crippen LogP contribution in [0.2, 0.25) is 0 Å². The number of rotatable bonds is 5. The summed E-state index contributed by atoms with van der Waals surface area (Å²) < 4.78 is 11.0. The molecule has 0 aromatic heterocycles. The average Bonchev–Trinajstić information content (AvgIpc) is 2.66. The van der Waals surface area contributed by atoms with Crippen LogP contribution in [0.5, 0.6) is 11.5 Å². The fourth-order valence-electron chi connectivity index (χ4n) is 3.06. The number of carbonyl (C=O) groups excluding carboxylic acids is 2. The number of nitrogens with zero attached hydrogens (tertiary/aromatic N) is 1. The van der Waals surface area contributed by atoms with Gasteiger partial charge in [-0.15, -0.1) is 0 Å². The largest absolute Gasteiger partial charge is 0.497 e. The Labute approximate surface area is 159 Å². The SMILES string of the molecule is COc1cccc(NC(=O)CCC(=O)N2CC(C)Oc3ccc(C)cc32)c1. The Hall–Kier alpha value is -3.02. The molecule has 1 atom stereocenters. The summed E-state index contributed by atoms with van der Waals surface area (Å²) in [6.07, 6.45) is 0.161. The molecule has 2 aromatic rings. The molecule has 0 radical (unpaired) electrons. The van der Waals surface area contributed by atoms with Crippen LogP contribution in [0.4, 0.5) is 11.4 Å². The highest BCUT2D eigenvalue weighted by Gasteiger charge is 2.27. The Morgan fingerprint density at radius 3 is 2.81 bits per heavy atom. The lowest BCUT2D eigenvalue weighted by atomic mass is 10.1. The van der Waals surface area contributed by atoms with Gasteiger partial charge in [0.2, 0.25) is 11.8 Å². The number of nitrogens with one attached hydrogen (secondary N) is 1. The highest BCUT2D eigenvalue weighted by atomic mass is 16.5. The molecule has 2 amide bonds. The maximum absolute atomic E-state index is 12.7. The maximum atomic E-state index is 12.7. The van der Waals surface area contributed by atoms with Gasteiger partial charge in [0.25, 0.3) is 0 Å². The Kier molecular flexibility index (Phi) is 5.64. The number of fused-ring (bicyclic) bond motifs is 1. The van der Waals surface area contributed by atoms with E-state index in [-0.39, 0.29) is 30.8 Å². The first-order valence-corrected chi connectivity index (χ1v) is 8.98. The van der Waals surface area contributed by atoms with E-state index in [1.807, 2.05) is 32.0 Å². The van der Waals surface area contributed by atoms with E-state index in [0.717, 1.165) is 11.3 Å². The van der Waals surface area contributed by atoms with Gasteiger partial charge in [-0.25, -0.2) is 0 Å². The zero-order valence-corrected chi connectivity index (χ0v) is 15.8. The van der Waals surface area contributed by atoms with Crippen LogP contribution in [0, 0.1) is 6.92 Å². The Balaban J connectivity index is 1.62. The second-order valence-electron chi connectivity index (χ2n) is 6.68. The molecule has 1 heterocycles. The van der Waals surface area contributed by atoms with Gasteiger partial charge in [-0.3, -0.25) is 9.59 Å². The minimum absolute atomic E-state index is 0.0854. The van der Waals surface area contributed by atoms with Crippen LogP contribution in [-0.4, -0.2) is 31.6 Å². The van der Waals surface area contributed by atoms with Crippen molar-refractivity contribution < 1.29 is 19.1 Å². The van der Waals surface area contributed by atoms with E-state index in [4.69, 9.17) is 9.47 Å². The predicted molar refractivity (Wildman–Crippen MR) is 104 cm³/mol. The fraction of sp³-hybridized carbons (Fsp3) is 0.333. The minimum Gasteiger partial charge on any atom is -0.497 e. The lowest BCUT2D eigenvalue weighted by Gasteiger charge is -2.33. The van der Waals surface area contributed by atoms with Gasteiger partial charge in [0, 0.05) is 24.6 Å². The van der Waals surface area contributed by atoms with Gasteiger partial charge in [0.1, 0.15) is 17.6 Å². The van der Waals surface area contributed by atoms with Crippen molar-refractivity contribution in [2.75, 3.05) is 23.9 Å². The van der Waals surface area contributed by atoms with Crippen LogP contribution in [0.25, 0.3) is 0 Å². The molecule has 0 fully saturated rings. The third-order valence-corrected chi connectivity index (χ3v) is 4.39. The van der Waals surface area contributed by atoms with Crippen LogP contribution in [0.15, 0.2) is 42.5 Å². The lowest BCUT2D eigenvalue weighted by Crippen LogP contribution is -2.42. The molecular formula is C21H24N2O4. The lowest BCUT2D eigenvalue weighted by molar-refractivity contribution is -0.122. The van der Waals surface area contributed by atoms with Gasteiger partial charge in [-0.1, -0.05) is 12.1 Å². The Morgan fingerprint density at radius 1 is 1.22 bits per heavy atom. The van der Waals surface area contributed by atoms with Crippen LogP contribution in [0.1, 0.15) is 25.3 Å². The van der Waals surface area contributed by atoms with Crippen molar-refractivity contribution in [2.24, 2.45) is 0 Å². The average molecular weight is 368 g/mol. The number of aryl methyl sites for hydroxylation is 1. The summed E-state index contributed by atoms with van der Waals surface area (Å²) in [5.41, 5.74) is 2.47. The highest BCUT2D eigenvalue weighted by molar-refractivity contribution is 5.99. The molecule has 6 nitrogen and oxygen atoms in total. The molecule has 0 aliphatic carbocycles. The molecular weight excluding hydrogens is 344 g/mol. The van der Waals surface area contributed by atoms with Crippen molar-refractivity contribution in [3.8, 4) is 11.5 Å². The smallest absolute Gasteiger partial charge is 0.227 e. The molecule has 0 saturated heterocycles. The summed E-state index contributed by atoms with van der Waals surface area (Å²) in [6.45, 7) is 4.38. The number of methoxy groups -OCH3 is 1. The van der Waals surface area contributed by atoms with Crippen molar-refractivity contribution in [1.29, 1.82) is 0 Å². The van der Waals surface area contributed by atoms with Crippen LogP contribution >= 0.6 is 0 Å². The van der Waals surface area contributed by atoms with Gasteiger partial charge in [0.05, 0.1) is 19.3 Å². The molecule has 0 spiro atoms. The normalized spacial score (nSPS) is 15.5. The van der Waals surface area contributed by atoms with E-state index in [9.17, 15) is 9.59 Å². The Bertz CT molecular complexity index is 850. The molecule has 1 unspecified atom stereocenters. The molecule has 0 bridgehead atoms. The van der Waals surface area contributed by atoms with Gasteiger partial charge in [-0.2, -0.15) is 0 Å². The van der Waals surface area contributed by atoms with E-state index in [0.29, 0.717) is 23.7 Å². The molecule has 1 N–H and O–H groups in total. The van der Waals surface area contributed by atoms with Gasteiger partial charge >= 0.3 is 0 Å². The van der Waals surface area contributed by atoms with E-state index in [2.05, 4.69) is 5.32 Å². The quantitative estimate of drug-likeness (QED) is 0.877. The van der Waals surface area contributed by atoms with E-state index in [1.165, 1.54) is 0 Å². The molecule has 142 valence electrons. The maximum Gasteiger partial charge on any atom is 0.227 e. The zero-order chi connectivity index (χ0) is 19.4. The Morgan fingerprint density at radius 2 is 2.04 bits per heavy atom.